The van der Waals surface area contributed by atoms with Crippen molar-refractivity contribution < 1.29 is 0 Å². The van der Waals surface area contributed by atoms with Crippen LogP contribution in [0.2, 0.25) is 19.6 Å². The molecule has 1 unspecified atom stereocenters. The first-order valence-electron chi connectivity index (χ1n) is 8.13. The number of benzene rings is 2. The van der Waals surface area contributed by atoms with E-state index in [1.165, 1.54) is 39.0 Å². The van der Waals surface area contributed by atoms with E-state index in [2.05, 4.69) is 80.0 Å². The minimum Gasteiger partial charge on any atom is -0.363 e. The van der Waals surface area contributed by atoms with Crippen LogP contribution in [0.25, 0.3) is 11.1 Å². The van der Waals surface area contributed by atoms with E-state index in [1.807, 2.05) is 0 Å². The summed E-state index contributed by atoms with van der Waals surface area (Å²) in [5.74, 6) is 0. The standard InChI is InChI=1S/C20H23NSi/c1-14-15-9-5-6-10-16(15)19-17-11-7-8-12-18(17)21(20(14)19)13-22(2,3)4/h5-12,20H,13H2,1-4H3. The molecule has 2 heteroatoms. The first kappa shape index (κ1) is 13.8. The number of hydrogen-bond donors (Lipinski definition) is 0. The number of fused-ring (bicyclic) bond motifs is 4. The quantitative estimate of drug-likeness (QED) is 0.771. The zero-order valence-corrected chi connectivity index (χ0v) is 14.9. The van der Waals surface area contributed by atoms with Crippen LogP contribution in [0, 0.1) is 0 Å². The summed E-state index contributed by atoms with van der Waals surface area (Å²) in [4.78, 5) is 2.67. The van der Waals surface area contributed by atoms with Gasteiger partial charge in [-0.2, -0.15) is 0 Å². The summed E-state index contributed by atoms with van der Waals surface area (Å²) in [7, 11) is -1.18. The van der Waals surface area contributed by atoms with Crippen LogP contribution in [0.15, 0.2) is 48.5 Å². The van der Waals surface area contributed by atoms with Gasteiger partial charge in [-0.15, -0.1) is 0 Å². The molecule has 2 aliphatic rings. The Balaban J connectivity index is 2.02. The average molecular weight is 305 g/mol. The van der Waals surface area contributed by atoms with Crippen molar-refractivity contribution in [2.75, 3.05) is 11.1 Å². The monoisotopic (exact) mass is 305 g/mol. The molecule has 0 saturated carbocycles. The molecular formula is C20H23NSi. The zero-order chi connectivity index (χ0) is 15.5. The van der Waals surface area contributed by atoms with Gasteiger partial charge in [-0.05, 0) is 34.6 Å². The van der Waals surface area contributed by atoms with Gasteiger partial charge in [0.15, 0.2) is 0 Å². The maximum Gasteiger partial charge on any atom is 0.0771 e. The van der Waals surface area contributed by atoms with Gasteiger partial charge in [0.2, 0.25) is 0 Å². The fourth-order valence-corrected chi connectivity index (χ4v) is 5.41. The van der Waals surface area contributed by atoms with E-state index in [-0.39, 0.29) is 0 Å². The Hall–Kier alpha value is -1.80. The van der Waals surface area contributed by atoms with E-state index in [9.17, 15) is 0 Å². The lowest BCUT2D eigenvalue weighted by atomic mass is 10.0. The highest BCUT2D eigenvalue weighted by Gasteiger charge is 2.39. The van der Waals surface area contributed by atoms with E-state index >= 15 is 0 Å². The van der Waals surface area contributed by atoms with E-state index in [4.69, 9.17) is 0 Å². The summed E-state index contributed by atoms with van der Waals surface area (Å²) in [5, 5.41) is 2.88. The SMILES string of the molecule is CC1=c2ccccc2=C2c3ccccc3N(C[Si](C)(C)C)C12. The van der Waals surface area contributed by atoms with Gasteiger partial charge in [0.25, 0.3) is 0 Å². The summed E-state index contributed by atoms with van der Waals surface area (Å²) in [6.07, 6.45) is 1.21. The predicted molar refractivity (Wildman–Crippen MR) is 98.2 cm³/mol. The molecule has 4 rings (SSSR count). The third-order valence-electron chi connectivity index (χ3n) is 4.79. The average Bonchev–Trinajstić information content (AvgIpc) is 2.94. The van der Waals surface area contributed by atoms with Crippen LogP contribution in [0.3, 0.4) is 0 Å². The highest BCUT2D eigenvalue weighted by atomic mass is 28.3. The fraction of sp³-hybridized carbons (Fsp3) is 0.300. The zero-order valence-electron chi connectivity index (χ0n) is 13.9. The molecule has 0 amide bonds. The molecular weight excluding hydrogens is 282 g/mol. The van der Waals surface area contributed by atoms with Gasteiger partial charge in [-0.3, -0.25) is 0 Å². The third kappa shape index (κ3) is 1.90. The van der Waals surface area contributed by atoms with Crippen molar-refractivity contribution >= 4 is 24.9 Å². The van der Waals surface area contributed by atoms with Gasteiger partial charge in [0, 0.05) is 17.4 Å². The maximum atomic E-state index is 2.67. The second-order valence-electron chi connectivity index (χ2n) is 7.75. The van der Waals surface area contributed by atoms with Crippen LogP contribution >= 0.6 is 0 Å². The number of rotatable bonds is 2. The van der Waals surface area contributed by atoms with E-state index in [1.54, 1.807) is 0 Å². The van der Waals surface area contributed by atoms with Crippen LogP contribution in [0.1, 0.15) is 12.5 Å². The van der Waals surface area contributed by atoms with Crippen molar-refractivity contribution in [1.82, 2.24) is 0 Å². The second kappa shape index (κ2) is 4.59. The first-order chi connectivity index (χ1) is 10.5. The molecule has 0 N–H and O–H groups in total. The lowest BCUT2D eigenvalue weighted by Crippen LogP contribution is -2.44. The van der Waals surface area contributed by atoms with Crippen molar-refractivity contribution in [3.8, 4) is 0 Å². The lowest BCUT2D eigenvalue weighted by Gasteiger charge is -2.32. The smallest absolute Gasteiger partial charge is 0.0771 e. The molecule has 0 fully saturated rings. The molecule has 1 aliphatic carbocycles. The minimum atomic E-state index is -1.18. The molecule has 1 aliphatic heterocycles. The van der Waals surface area contributed by atoms with Crippen molar-refractivity contribution in [3.63, 3.8) is 0 Å². The molecule has 0 spiro atoms. The third-order valence-corrected chi connectivity index (χ3v) is 6.08. The molecule has 0 saturated heterocycles. The van der Waals surface area contributed by atoms with Gasteiger partial charge in [0.05, 0.1) is 14.1 Å². The van der Waals surface area contributed by atoms with Gasteiger partial charge in [-0.25, -0.2) is 0 Å². The Morgan fingerprint density at radius 1 is 0.909 bits per heavy atom. The molecule has 1 nitrogen and oxygen atoms in total. The van der Waals surface area contributed by atoms with Crippen LogP contribution in [0.5, 0.6) is 0 Å². The van der Waals surface area contributed by atoms with E-state index in [0.29, 0.717) is 6.04 Å². The Morgan fingerprint density at radius 3 is 2.27 bits per heavy atom. The molecule has 112 valence electrons. The molecule has 0 bridgehead atoms. The number of nitrogens with zero attached hydrogens (tertiary/aromatic N) is 1. The van der Waals surface area contributed by atoms with Gasteiger partial charge >= 0.3 is 0 Å². The highest BCUT2D eigenvalue weighted by Crippen LogP contribution is 2.43. The summed E-state index contributed by atoms with van der Waals surface area (Å²) < 4.78 is 0. The molecule has 22 heavy (non-hydrogen) atoms. The number of anilines is 1. The topological polar surface area (TPSA) is 3.24 Å². The summed E-state index contributed by atoms with van der Waals surface area (Å²) in [6, 6.07) is 18.3. The fourth-order valence-electron chi connectivity index (χ4n) is 4.03. The second-order valence-corrected chi connectivity index (χ2v) is 13.2. The Kier molecular flexibility index (Phi) is 2.89. The molecule has 0 radical (unpaired) electrons. The van der Waals surface area contributed by atoms with Crippen LogP contribution in [-0.2, 0) is 0 Å². The van der Waals surface area contributed by atoms with Crippen LogP contribution in [0.4, 0.5) is 5.69 Å². The largest absolute Gasteiger partial charge is 0.363 e. The number of para-hydroxylation sites is 1. The molecule has 1 atom stereocenters. The van der Waals surface area contributed by atoms with Crippen LogP contribution in [-0.4, -0.2) is 20.3 Å². The highest BCUT2D eigenvalue weighted by molar-refractivity contribution is 6.76. The summed E-state index contributed by atoms with van der Waals surface area (Å²) >= 11 is 0. The van der Waals surface area contributed by atoms with E-state index in [0.717, 1.165) is 0 Å². The molecule has 2 aromatic rings. The Bertz CT molecular complexity index is 873. The lowest BCUT2D eigenvalue weighted by molar-refractivity contribution is 0.915. The van der Waals surface area contributed by atoms with Crippen LogP contribution < -0.4 is 15.3 Å². The van der Waals surface area contributed by atoms with Gasteiger partial charge in [0.1, 0.15) is 0 Å². The van der Waals surface area contributed by atoms with Gasteiger partial charge < -0.3 is 4.90 Å². The predicted octanol–water partition coefficient (Wildman–Crippen LogP) is 3.14. The summed E-state index contributed by atoms with van der Waals surface area (Å²) in [6.45, 7) is 9.71. The molecule has 2 aromatic carbocycles. The van der Waals surface area contributed by atoms with Gasteiger partial charge in [-0.1, -0.05) is 62.1 Å². The molecule has 0 aromatic heterocycles. The first-order valence-corrected chi connectivity index (χ1v) is 11.8. The van der Waals surface area contributed by atoms with Crippen molar-refractivity contribution in [2.45, 2.75) is 32.6 Å². The minimum absolute atomic E-state index is 0.446. The Morgan fingerprint density at radius 2 is 1.55 bits per heavy atom. The number of hydrogen-bond acceptors (Lipinski definition) is 1. The summed E-state index contributed by atoms with van der Waals surface area (Å²) in [5.41, 5.74) is 5.91. The normalized spacial score (nSPS) is 19.3. The van der Waals surface area contributed by atoms with E-state index < -0.39 is 8.07 Å². The molecule has 1 heterocycles. The van der Waals surface area contributed by atoms with Crippen molar-refractivity contribution in [1.29, 1.82) is 0 Å². The van der Waals surface area contributed by atoms with Crippen molar-refractivity contribution in [2.24, 2.45) is 0 Å². The maximum absolute atomic E-state index is 2.67. The Labute approximate surface area is 133 Å². The van der Waals surface area contributed by atoms with Crippen molar-refractivity contribution in [3.05, 3.63) is 64.5 Å².